The van der Waals surface area contributed by atoms with Crippen molar-refractivity contribution in [1.29, 1.82) is 0 Å². The standard InChI is InChI=1S/C6H10ClNO2/c1-3-5(7)6(10)8-4(2)9/h5H,3H2,1-2H3,(H,8,9,10)/t5-/m0/s1. The average molecular weight is 164 g/mol. The molecule has 2 amide bonds. The molecule has 0 aliphatic rings. The van der Waals surface area contributed by atoms with Crippen molar-refractivity contribution in [3.05, 3.63) is 0 Å². The zero-order valence-corrected chi connectivity index (χ0v) is 6.73. The van der Waals surface area contributed by atoms with Crippen molar-refractivity contribution in [3.8, 4) is 0 Å². The summed E-state index contributed by atoms with van der Waals surface area (Å²) in [5.74, 6) is -0.791. The second-order valence-electron chi connectivity index (χ2n) is 1.92. The summed E-state index contributed by atoms with van der Waals surface area (Å²) in [5, 5.41) is 1.49. The fourth-order valence-electron chi connectivity index (χ4n) is 0.437. The fourth-order valence-corrected chi connectivity index (χ4v) is 0.492. The largest absolute Gasteiger partial charge is 0.295 e. The number of halogens is 1. The Bertz CT molecular complexity index is 147. The van der Waals surface area contributed by atoms with Crippen molar-refractivity contribution in [1.82, 2.24) is 5.32 Å². The first-order chi connectivity index (χ1) is 4.57. The molecule has 0 spiro atoms. The van der Waals surface area contributed by atoms with E-state index in [1.54, 1.807) is 6.92 Å². The molecular formula is C6H10ClNO2. The molecule has 0 rings (SSSR count). The van der Waals surface area contributed by atoms with Crippen LogP contribution in [0.25, 0.3) is 0 Å². The van der Waals surface area contributed by atoms with Gasteiger partial charge in [0.05, 0.1) is 0 Å². The molecule has 0 aromatic rings. The van der Waals surface area contributed by atoms with Crippen LogP contribution >= 0.6 is 11.6 Å². The summed E-state index contributed by atoms with van der Waals surface area (Å²) in [5.41, 5.74) is 0. The molecule has 0 saturated heterocycles. The minimum absolute atomic E-state index is 0.371. The number of hydrogen-bond donors (Lipinski definition) is 1. The molecule has 0 aliphatic carbocycles. The molecule has 3 nitrogen and oxygen atoms in total. The maximum atomic E-state index is 10.7. The molecule has 0 heterocycles. The van der Waals surface area contributed by atoms with Crippen LogP contribution in [-0.4, -0.2) is 17.2 Å². The lowest BCUT2D eigenvalue weighted by atomic mass is 10.3. The highest BCUT2D eigenvalue weighted by Crippen LogP contribution is 1.99. The fraction of sp³-hybridized carbons (Fsp3) is 0.667. The van der Waals surface area contributed by atoms with E-state index in [1.807, 2.05) is 0 Å². The third-order valence-electron chi connectivity index (χ3n) is 0.942. The van der Waals surface area contributed by atoms with Gasteiger partial charge in [0.1, 0.15) is 5.38 Å². The van der Waals surface area contributed by atoms with Gasteiger partial charge in [-0.05, 0) is 6.42 Å². The summed E-state index contributed by atoms with van der Waals surface area (Å²) >= 11 is 5.50. The normalized spacial score (nSPS) is 12.3. The van der Waals surface area contributed by atoms with E-state index in [0.29, 0.717) is 6.42 Å². The predicted molar refractivity (Wildman–Crippen MR) is 38.8 cm³/mol. The van der Waals surface area contributed by atoms with Gasteiger partial charge < -0.3 is 0 Å². The SMILES string of the molecule is CC[C@H](Cl)C(=O)NC(C)=O. The van der Waals surface area contributed by atoms with Gasteiger partial charge in [-0.2, -0.15) is 0 Å². The van der Waals surface area contributed by atoms with E-state index in [-0.39, 0.29) is 5.91 Å². The maximum absolute atomic E-state index is 10.7. The molecule has 0 saturated carbocycles. The smallest absolute Gasteiger partial charge is 0.244 e. The molecule has 0 fully saturated rings. The topological polar surface area (TPSA) is 46.2 Å². The van der Waals surface area contributed by atoms with Crippen LogP contribution in [0.1, 0.15) is 20.3 Å². The first-order valence-corrected chi connectivity index (χ1v) is 3.47. The Morgan fingerprint density at radius 2 is 2.10 bits per heavy atom. The summed E-state index contributed by atoms with van der Waals surface area (Å²) in [6.45, 7) is 3.05. The van der Waals surface area contributed by atoms with E-state index in [2.05, 4.69) is 5.32 Å². The number of alkyl halides is 1. The first-order valence-electron chi connectivity index (χ1n) is 3.03. The molecule has 0 aromatic carbocycles. The van der Waals surface area contributed by atoms with Gasteiger partial charge in [0, 0.05) is 6.92 Å². The van der Waals surface area contributed by atoms with E-state index < -0.39 is 11.3 Å². The van der Waals surface area contributed by atoms with Crippen LogP contribution in [0.4, 0.5) is 0 Å². The highest BCUT2D eigenvalue weighted by Gasteiger charge is 2.12. The summed E-state index contributed by atoms with van der Waals surface area (Å²) in [7, 11) is 0. The van der Waals surface area contributed by atoms with Crippen LogP contribution in [0.2, 0.25) is 0 Å². The van der Waals surface area contributed by atoms with Gasteiger partial charge in [-0.25, -0.2) is 0 Å². The van der Waals surface area contributed by atoms with Crippen molar-refractivity contribution >= 4 is 23.4 Å². The van der Waals surface area contributed by atoms with E-state index in [4.69, 9.17) is 11.6 Å². The number of carbonyl (C=O) groups is 2. The van der Waals surface area contributed by atoms with Gasteiger partial charge in [-0.3, -0.25) is 14.9 Å². The van der Waals surface area contributed by atoms with Crippen LogP contribution < -0.4 is 5.32 Å². The van der Waals surface area contributed by atoms with E-state index in [9.17, 15) is 9.59 Å². The molecule has 0 unspecified atom stereocenters. The number of nitrogens with one attached hydrogen (secondary N) is 1. The Morgan fingerprint density at radius 1 is 1.60 bits per heavy atom. The van der Waals surface area contributed by atoms with Gasteiger partial charge in [-0.15, -0.1) is 11.6 Å². The number of imide groups is 1. The molecule has 1 N–H and O–H groups in total. The molecule has 1 atom stereocenters. The van der Waals surface area contributed by atoms with Gasteiger partial charge in [0.25, 0.3) is 0 Å². The quantitative estimate of drug-likeness (QED) is 0.609. The Balaban J connectivity index is 3.73. The summed E-state index contributed by atoms with van der Waals surface area (Å²) in [6, 6.07) is 0. The number of amides is 2. The predicted octanol–water partition coefficient (Wildman–Crippen LogP) is 0.666. The molecule has 0 radical (unpaired) electrons. The minimum Gasteiger partial charge on any atom is -0.295 e. The van der Waals surface area contributed by atoms with E-state index in [0.717, 1.165) is 0 Å². The average Bonchev–Trinajstić information content (AvgIpc) is 1.85. The van der Waals surface area contributed by atoms with Crippen LogP contribution in [0.15, 0.2) is 0 Å². The first kappa shape index (κ1) is 9.43. The van der Waals surface area contributed by atoms with Crippen molar-refractivity contribution in [3.63, 3.8) is 0 Å². The van der Waals surface area contributed by atoms with Crippen LogP contribution in [0, 0.1) is 0 Å². The molecule has 10 heavy (non-hydrogen) atoms. The Labute approximate surface area is 64.7 Å². The lowest BCUT2D eigenvalue weighted by Gasteiger charge is -2.03. The number of hydrogen-bond acceptors (Lipinski definition) is 2. The van der Waals surface area contributed by atoms with E-state index in [1.165, 1.54) is 6.92 Å². The second kappa shape index (κ2) is 4.28. The highest BCUT2D eigenvalue weighted by molar-refractivity contribution is 6.31. The number of rotatable bonds is 2. The Hall–Kier alpha value is -0.570. The van der Waals surface area contributed by atoms with Gasteiger partial charge in [0.2, 0.25) is 11.8 Å². The van der Waals surface area contributed by atoms with Crippen molar-refractivity contribution in [2.45, 2.75) is 25.6 Å². The Morgan fingerprint density at radius 3 is 2.40 bits per heavy atom. The molecular weight excluding hydrogens is 154 g/mol. The van der Waals surface area contributed by atoms with Crippen LogP contribution in [-0.2, 0) is 9.59 Å². The van der Waals surface area contributed by atoms with Crippen LogP contribution in [0.3, 0.4) is 0 Å². The molecule has 4 heteroatoms. The maximum Gasteiger partial charge on any atom is 0.244 e. The summed E-state index contributed by atoms with van der Waals surface area (Å²) in [6.07, 6.45) is 0.528. The zero-order valence-electron chi connectivity index (χ0n) is 5.98. The molecule has 58 valence electrons. The molecule has 0 aliphatic heterocycles. The van der Waals surface area contributed by atoms with Gasteiger partial charge >= 0.3 is 0 Å². The van der Waals surface area contributed by atoms with Crippen molar-refractivity contribution < 1.29 is 9.59 Å². The van der Waals surface area contributed by atoms with Gasteiger partial charge in [0.15, 0.2) is 0 Å². The second-order valence-corrected chi connectivity index (χ2v) is 2.45. The van der Waals surface area contributed by atoms with Crippen molar-refractivity contribution in [2.24, 2.45) is 0 Å². The lowest BCUT2D eigenvalue weighted by Crippen LogP contribution is -2.34. The monoisotopic (exact) mass is 163 g/mol. The minimum atomic E-state index is -0.594. The third-order valence-corrected chi connectivity index (χ3v) is 1.45. The summed E-state index contributed by atoms with van der Waals surface area (Å²) in [4.78, 5) is 21.0. The molecule has 0 bridgehead atoms. The number of carbonyl (C=O) groups excluding carboxylic acids is 2. The third kappa shape index (κ3) is 3.45. The molecule has 0 aromatic heterocycles. The summed E-state index contributed by atoms with van der Waals surface area (Å²) < 4.78 is 0. The van der Waals surface area contributed by atoms with Gasteiger partial charge in [-0.1, -0.05) is 6.92 Å². The Kier molecular flexibility index (Phi) is 4.03. The lowest BCUT2D eigenvalue weighted by molar-refractivity contribution is -0.129. The highest BCUT2D eigenvalue weighted by atomic mass is 35.5. The van der Waals surface area contributed by atoms with E-state index >= 15 is 0 Å². The van der Waals surface area contributed by atoms with Crippen LogP contribution in [0.5, 0.6) is 0 Å². The van der Waals surface area contributed by atoms with Crippen molar-refractivity contribution in [2.75, 3.05) is 0 Å². The zero-order chi connectivity index (χ0) is 8.15.